The Bertz CT molecular complexity index is 3980. The Morgan fingerprint density at radius 3 is 1.88 bits per heavy atom. The molecule has 1 unspecified atom stereocenters. The summed E-state index contributed by atoms with van der Waals surface area (Å²) >= 11 is 0. The first-order valence-electron chi connectivity index (χ1n) is 24.4. The molecule has 0 saturated heterocycles. The molecule has 0 saturated carbocycles. The molecule has 0 N–H and O–H groups in total. The molecule has 0 amide bonds. The predicted octanol–water partition coefficient (Wildman–Crippen LogP) is 16.4. The average molecular weight is 923 g/mol. The van der Waals surface area contributed by atoms with Crippen LogP contribution in [-0.2, 0) is 5.41 Å². The van der Waals surface area contributed by atoms with Crippen molar-refractivity contribution in [1.82, 2.24) is 9.55 Å². The summed E-state index contributed by atoms with van der Waals surface area (Å²) in [4.78, 5) is 16.0. The van der Waals surface area contributed by atoms with Gasteiger partial charge in [0.05, 0.1) is 22.1 Å². The van der Waals surface area contributed by atoms with E-state index >= 15 is 0 Å². The highest BCUT2D eigenvalue weighted by atomic mass is 16.5. The highest BCUT2D eigenvalue weighted by molar-refractivity contribution is 6.13. The van der Waals surface area contributed by atoms with Crippen LogP contribution in [0.5, 0.6) is 11.5 Å². The molecular formula is C67H46N4O. The Balaban J connectivity index is 1.02. The molecule has 10 aromatic carbocycles. The van der Waals surface area contributed by atoms with E-state index in [1.165, 1.54) is 11.1 Å². The number of hydrogen-bond donors (Lipinski definition) is 0. The molecule has 340 valence electrons. The van der Waals surface area contributed by atoms with Gasteiger partial charge in [-0.15, -0.1) is 0 Å². The Morgan fingerprint density at radius 1 is 0.444 bits per heavy atom. The molecule has 2 heterocycles. The van der Waals surface area contributed by atoms with Gasteiger partial charge in [-0.1, -0.05) is 207 Å². The summed E-state index contributed by atoms with van der Waals surface area (Å²) in [6.07, 6.45) is 0. The monoisotopic (exact) mass is 922 g/mol. The van der Waals surface area contributed by atoms with Crippen molar-refractivity contribution in [3.63, 3.8) is 0 Å². The number of fused-ring (bicyclic) bond motifs is 10. The molecule has 2 aliphatic rings. The van der Waals surface area contributed by atoms with Gasteiger partial charge in [-0.2, -0.15) is 0 Å². The smallest absolute Gasteiger partial charge is 0.160 e. The maximum Gasteiger partial charge on any atom is 0.160 e. The van der Waals surface area contributed by atoms with Crippen LogP contribution >= 0.6 is 0 Å². The van der Waals surface area contributed by atoms with Crippen molar-refractivity contribution in [2.24, 2.45) is 9.98 Å². The van der Waals surface area contributed by atoms with Crippen molar-refractivity contribution in [1.29, 1.82) is 0 Å². The van der Waals surface area contributed by atoms with E-state index in [2.05, 4.69) is 211 Å². The number of imidazole rings is 1. The number of aliphatic imine (C=N–C) groups is 2. The van der Waals surface area contributed by atoms with Crippen LogP contribution in [0.3, 0.4) is 0 Å². The minimum Gasteiger partial charge on any atom is -0.457 e. The van der Waals surface area contributed by atoms with Crippen molar-refractivity contribution >= 4 is 28.3 Å². The maximum absolute atomic E-state index is 6.97. The number of para-hydroxylation sites is 3. The molecule has 1 aliphatic carbocycles. The van der Waals surface area contributed by atoms with Gasteiger partial charge in [-0.3, -0.25) is 4.57 Å². The molecule has 1 aliphatic heterocycles. The molecule has 11 aromatic rings. The highest BCUT2D eigenvalue weighted by Crippen LogP contribution is 2.62. The fraction of sp³-hybridized carbons (Fsp3) is 0.0299. The quantitative estimate of drug-likeness (QED) is 0.113. The van der Waals surface area contributed by atoms with Crippen LogP contribution in [0.1, 0.15) is 45.9 Å². The SMILES string of the molecule is C=C(/N=C(\N=C(/C)c1ccccc1)c1ccc2c(c1)C1(c3ccccc3Oc3ccc(-c4ccccc4-c4nc5ccccc5n4-c4cccc(-c5ccccc5)c4)cc31)c1ccccc1-2)c1ccccc1. The summed E-state index contributed by atoms with van der Waals surface area (Å²) in [5.41, 5.74) is 18.8. The first kappa shape index (κ1) is 42.6. The molecule has 1 spiro atoms. The fourth-order valence-electron chi connectivity index (χ4n) is 10.9. The van der Waals surface area contributed by atoms with E-state index in [0.717, 1.165) is 107 Å². The van der Waals surface area contributed by atoms with Crippen molar-refractivity contribution < 1.29 is 4.74 Å². The van der Waals surface area contributed by atoms with E-state index in [0.29, 0.717) is 11.5 Å². The Labute approximate surface area is 419 Å². The minimum absolute atomic E-state index is 0.583. The minimum atomic E-state index is -0.776. The third-order valence-corrected chi connectivity index (χ3v) is 14.3. The number of benzene rings is 10. The second-order valence-electron chi connectivity index (χ2n) is 18.4. The molecular weight excluding hydrogens is 877 g/mol. The number of nitrogens with zero attached hydrogens (tertiary/aromatic N) is 4. The lowest BCUT2D eigenvalue weighted by molar-refractivity contribution is 0.436. The van der Waals surface area contributed by atoms with Crippen molar-refractivity contribution in [3.05, 3.63) is 294 Å². The lowest BCUT2D eigenvalue weighted by Gasteiger charge is -2.39. The van der Waals surface area contributed by atoms with Crippen molar-refractivity contribution in [2.45, 2.75) is 12.3 Å². The Kier molecular flexibility index (Phi) is 10.4. The van der Waals surface area contributed by atoms with Gasteiger partial charge in [0.2, 0.25) is 0 Å². The van der Waals surface area contributed by atoms with E-state index in [1.54, 1.807) is 0 Å². The highest BCUT2D eigenvalue weighted by Gasteiger charge is 2.51. The van der Waals surface area contributed by atoms with Crippen LogP contribution in [0.2, 0.25) is 0 Å². The summed E-state index contributed by atoms with van der Waals surface area (Å²) in [5.74, 6) is 3.07. The second kappa shape index (κ2) is 17.5. The topological polar surface area (TPSA) is 51.8 Å². The summed E-state index contributed by atoms with van der Waals surface area (Å²) < 4.78 is 9.28. The number of aromatic nitrogens is 2. The largest absolute Gasteiger partial charge is 0.457 e. The number of ether oxygens (including phenoxy) is 1. The second-order valence-corrected chi connectivity index (χ2v) is 18.4. The van der Waals surface area contributed by atoms with Gasteiger partial charge in [0, 0.05) is 33.7 Å². The van der Waals surface area contributed by atoms with Crippen LogP contribution in [0.25, 0.3) is 67.2 Å². The van der Waals surface area contributed by atoms with Crippen LogP contribution in [0.15, 0.2) is 265 Å². The maximum atomic E-state index is 6.97. The van der Waals surface area contributed by atoms with Crippen molar-refractivity contribution in [3.8, 4) is 62.0 Å². The first-order chi connectivity index (χ1) is 35.5. The third kappa shape index (κ3) is 7.05. The van der Waals surface area contributed by atoms with Crippen LogP contribution < -0.4 is 4.74 Å². The number of rotatable bonds is 8. The summed E-state index contributed by atoms with van der Waals surface area (Å²) in [5, 5.41) is 0. The molecule has 1 aromatic heterocycles. The van der Waals surface area contributed by atoms with E-state index in [9.17, 15) is 0 Å². The Hall–Kier alpha value is -9.45. The molecule has 1 atom stereocenters. The molecule has 0 radical (unpaired) electrons. The Morgan fingerprint density at radius 2 is 1.07 bits per heavy atom. The summed E-state index contributed by atoms with van der Waals surface area (Å²) in [6, 6.07) is 87.5. The first-order valence-corrected chi connectivity index (χ1v) is 24.4. The predicted molar refractivity (Wildman–Crippen MR) is 295 cm³/mol. The van der Waals surface area contributed by atoms with Gasteiger partial charge in [0.1, 0.15) is 17.3 Å². The van der Waals surface area contributed by atoms with Gasteiger partial charge in [-0.05, 0) is 111 Å². The fourth-order valence-corrected chi connectivity index (χ4v) is 10.9. The third-order valence-electron chi connectivity index (χ3n) is 14.3. The lowest BCUT2D eigenvalue weighted by atomic mass is 9.65. The van der Waals surface area contributed by atoms with E-state index in [4.69, 9.17) is 19.7 Å². The number of amidine groups is 1. The van der Waals surface area contributed by atoms with Gasteiger partial charge < -0.3 is 4.74 Å². The average Bonchev–Trinajstić information content (AvgIpc) is 3.98. The zero-order chi connectivity index (χ0) is 48.2. The lowest BCUT2D eigenvalue weighted by Crippen LogP contribution is -2.32. The van der Waals surface area contributed by atoms with Gasteiger partial charge in [0.25, 0.3) is 0 Å². The normalized spacial score (nSPS) is 14.6. The van der Waals surface area contributed by atoms with E-state index < -0.39 is 5.41 Å². The summed E-state index contributed by atoms with van der Waals surface area (Å²) in [7, 11) is 0. The zero-order valence-corrected chi connectivity index (χ0v) is 39.6. The van der Waals surface area contributed by atoms with Crippen molar-refractivity contribution in [2.75, 3.05) is 0 Å². The zero-order valence-electron chi connectivity index (χ0n) is 39.6. The van der Waals surface area contributed by atoms with Crippen LogP contribution in [-0.4, -0.2) is 21.1 Å². The molecule has 0 bridgehead atoms. The molecule has 72 heavy (non-hydrogen) atoms. The molecule has 13 rings (SSSR count). The molecule has 0 fully saturated rings. The number of hydrogen-bond acceptors (Lipinski definition) is 3. The van der Waals surface area contributed by atoms with Gasteiger partial charge >= 0.3 is 0 Å². The molecule has 5 nitrogen and oxygen atoms in total. The van der Waals surface area contributed by atoms with Gasteiger partial charge in [0.15, 0.2) is 5.84 Å². The molecule has 5 heteroatoms. The van der Waals surface area contributed by atoms with Gasteiger partial charge in [-0.25, -0.2) is 15.0 Å². The van der Waals surface area contributed by atoms with Crippen LogP contribution in [0.4, 0.5) is 0 Å². The van der Waals surface area contributed by atoms with Crippen LogP contribution in [0, 0.1) is 0 Å². The standard InChI is InChI=1S/C67H46N4O/c1-44(46-21-6-3-7-22-46)68-65(69-45(2)47-23-8-4-9-24-47)51-37-39-55-54-30-14-15-32-57(54)67(59(55)43-51)58-33-16-19-36-63(58)72-64-40-38-50(42-60(64)67)53-29-12-13-31-56(53)66-70-61-34-17-18-35-62(61)71(66)52-28-20-27-49(41-52)48-25-10-5-11-26-48/h3-43H,1H2,2H3/b68-65-,69-45+. The van der Waals surface area contributed by atoms with E-state index in [-0.39, 0.29) is 0 Å². The van der Waals surface area contributed by atoms with E-state index in [1.807, 2.05) is 55.5 Å². The summed E-state index contributed by atoms with van der Waals surface area (Å²) in [6.45, 7) is 6.50.